The molecule has 34 heavy (non-hydrogen) atoms. The minimum Gasteiger partial charge on any atom is -0.352 e. The molecule has 0 saturated heterocycles. The fraction of sp³-hybridized carbons (Fsp3) is 0.364. The third-order valence-corrected chi connectivity index (χ3v) is 6.24. The Morgan fingerprint density at radius 2 is 1.76 bits per heavy atom. The molecule has 2 aromatic rings. The van der Waals surface area contributed by atoms with Gasteiger partial charge in [0.05, 0.1) is 23.8 Å². The van der Waals surface area contributed by atoms with Crippen LogP contribution in [0, 0.1) is 0 Å². The molecule has 1 atom stereocenters. The topological polar surface area (TPSA) is 75.4 Å². The molecule has 0 bridgehead atoms. The van der Waals surface area contributed by atoms with Gasteiger partial charge in [-0.25, -0.2) is 0 Å². The van der Waals surface area contributed by atoms with E-state index in [4.69, 9.17) is 5.73 Å². The molecule has 12 heteroatoms. The molecule has 1 aliphatic heterocycles. The van der Waals surface area contributed by atoms with Crippen molar-refractivity contribution >= 4 is 29.3 Å². The summed E-state index contributed by atoms with van der Waals surface area (Å²) in [4.78, 5) is 27.3. The van der Waals surface area contributed by atoms with E-state index < -0.39 is 42.2 Å². The second kappa shape index (κ2) is 10.3. The number of nitrogens with zero attached hydrogens (tertiary/aromatic N) is 1. The molecule has 0 radical (unpaired) electrons. The van der Waals surface area contributed by atoms with Crippen LogP contribution in [0.3, 0.4) is 0 Å². The minimum atomic E-state index is -4.50. The molecule has 1 heterocycles. The molecular formula is C22H21F6N3O2S. The first-order chi connectivity index (χ1) is 15.8. The van der Waals surface area contributed by atoms with Crippen molar-refractivity contribution in [2.75, 3.05) is 17.2 Å². The number of hydrogen-bond acceptors (Lipinski definition) is 4. The number of carbonyl (C=O) groups excluding carboxylic acids is 2. The average Bonchev–Trinajstić information content (AvgIpc) is 2.87. The zero-order chi connectivity index (χ0) is 25.1. The molecule has 0 aliphatic carbocycles. The zero-order valence-electron chi connectivity index (χ0n) is 17.7. The summed E-state index contributed by atoms with van der Waals surface area (Å²) in [7, 11) is 0. The summed E-state index contributed by atoms with van der Waals surface area (Å²) < 4.78 is 75.4. The van der Waals surface area contributed by atoms with Crippen molar-refractivity contribution in [2.45, 2.75) is 42.7 Å². The molecule has 0 saturated carbocycles. The number of nitrogens with two attached hydrogens (primary N) is 1. The Balaban J connectivity index is 1.82. The van der Waals surface area contributed by atoms with Crippen LogP contribution in [0.1, 0.15) is 34.3 Å². The number of fused-ring (bicyclic) bond motifs is 1. The maximum absolute atomic E-state index is 12.9. The maximum atomic E-state index is 12.9. The van der Waals surface area contributed by atoms with Crippen molar-refractivity contribution < 1.29 is 35.9 Å². The van der Waals surface area contributed by atoms with Crippen LogP contribution in [0.5, 0.6) is 0 Å². The van der Waals surface area contributed by atoms with Crippen LogP contribution in [-0.4, -0.2) is 36.3 Å². The van der Waals surface area contributed by atoms with E-state index in [-0.39, 0.29) is 30.8 Å². The number of anilines is 1. The summed E-state index contributed by atoms with van der Waals surface area (Å²) in [6, 6.07) is 8.01. The van der Waals surface area contributed by atoms with Gasteiger partial charge in [-0.2, -0.15) is 26.3 Å². The predicted molar refractivity (Wildman–Crippen MR) is 115 cm³/mol. The quantitative estimate of drug-likeness (QED) is 0.439. The molecule has 0 unspecified atom stereocenters. The lowest BCUT2D eigenvalue weighted by Crippen LogP contribution is -2.44. The van der Waals surface area contributed by atoms with Gasteiger partial charge in [0.15, 0.2) is 0 Å². The van der Waals surface area contributed by atoms with Crippen molar-refractivity contribution in [1.29, 1.82) is 0 Å². The highest BCUT2D eigenvalue weighted by atomic mass is 32.2. The van der Waals surface area contributed by atoms with Gasteiger partial charge in [-0.15, -0.1) is 11.8 Å². The Hall–Kier alpha value is -2.73. The summed E-state index contributed by atoms with van der Waals surface area (Å²) in [5, 5.41) is 2.42. The van der Waals surface area contributed by atoms with Gasteiger partial charge in [0.1, 0.15) is 0 Å². The molecule has 2 aromatic carbocycles. The summed E-state index contributed by atoms with van der Waals surface area (Å²) in [5.41, 5.74) is 6.05. The molecule has 3 rings (SSSR count). The minimum absolute atomic E-state index is 0.0745. The molecule has 184 valence electrons. The first-order valence-corrected chi connectivity index (χ1v) is 11.2. The number of benzene rings is 2. The zero-order valence-corrected chi connectivity index (χ0v) is 18.5. The number of thioether (sulfide) groups is 1. The summed E-state index contributed by atoms with van der Waals surface area (Å²) in [5.74, 6) is -0.808. The van der Waals surface area contributed by atoms with E-state index >= 15 is 0 Å². The fourth-order valence-corrected chi connectivity index (χ4v) is 4.28. The van der Waals surface area contributed by atoms with E-state index in [1.54, 1.807) is 6.07 Å². The Labute approximate surface area is 195 Å². The number of nitrogens with one attached hydrogen (secondary N) is 1. The van der Waals surface area contributed by atoms with E-state index in [1.165, 1.54) is 40.9 Å². The van der Waals surface area contributed by atoms with Crippen LogP contribution in [0.2, 0.25) is 0 Å². The fourth-order valence-electron chi connectivity index (χ4n) is 3.30. The molecular weight excluding hydrogens is 484 g/mol. The van der Waals surface area contributed by atoms with Gasteiger partial charge >= 0.3 is 12.4 Å². The molecule has 5 nitrogen and oxygen atoms in total. The third-order valence-electron chi connectivity index (χ3n) is 5.06. The lowest BCUT2D eigenvalue weighted by Gasteiger charge is -2.25. The first-order valence-electron chi connectivity index (χ1n) is 10.2. The van der Waals surface area contributed by atoms with Crippen LogP contribution in [0.15, 0.2) is 47.4 Å². The maximum Gasteiger partial charge on any atom is 0.416 e. The highest BCUT2D eigenvalue weighted by molar-refractivity contribution is 7.99. The Morgan fingerprint density at radius 3 is 2.38 bits per heavy atom. The number of halogens is 6. The summed E-state index contributed by atoms with van der Waals surface area (Å²) in [6.07, 6.45) is -10.1. The monoisotopic (exact) mass is 505 g/mol. The number of hydrogen-bond donors (Lipinski definition) is 2. The third kappa shape index (κ3) is 6.66. The van der Waals surface area contributed by atoms with Crippen molar-refractivity contribution in [3.05, 3.63) is 59.2 Å². The number of alkyl halides is 6. The van der Waals surface area contributed by atoms with Crippen LogP contribution in [0.25, 0.3) is 0 Å². The average molecular weight is 505 g/mol. The normalized spacial score (nSPS) is 16.7. The van der Waals surface area contributed by atoms with Crippen LogP contribution in [0.4, 0.5) is 32.0 Å². The second-order valence-electron chi connectivity index (χ2n) is 7.69. The van der Waals surface area contributed by atoms with Crippen molar-refractivity contribution in [1.82, 2.24) is 5.32 Å². The Bertz CT molecular complexity index is 1040. The lowest BCUT2D eigenvalue weighted by molar-refractivity contribution is -0.137. The SMILES string of the molecule is N[C@H]1CSc2ccc(C(=O)NCCCC(F)(F)F)cc2N(Cc2ccc(C(F)(F)F)cc2)C1=O. The molecule has 0 aromatic heterocycles. The number of rotatable bonds is 6. The number of amides is 2. The van der Waals surface area contributed by atoms with Gasteiger partial charge in [0.25, 0.3) is 5.91 Å². The molecule has 3 N–H and O–H groups in total. The molecule has 0 spiro atoms. The molecule has 1 aliphatic rings. The van der Waals surface area contributed by atoms with E-state index in [2.05, 4.69) is 5.32 Å². The lowest BCUT2D eigenvalue weighted by atomic mass is 10.1. The largest absolute Gasteiger partial charge is 0.416 e. The van der Waals surface area contributed by atoms with E-state index in [1.807, 2.05) is 0 Å². The number of carbonyl (C=O) groups is 2. The van der Waals surface area contributed by atoms with Crippen molar-refractivity contribution in [3.8, 4) is 0 Å². The van der Waals surface area contributed by atoms with Gasteiger partial charge in [-0.05, 0) is 42.3 Å². The summed E-state index contributed by atoms with van der Waals surface area (Å²) in [6.45, 7) is -0.252. The van der Waals surface area contributed by atoms with Gasteiger partial charge in [-0.3, -0.25) is 9.59 Å². The van der Waals surface area contributed by atoms with E-state index in [9.17, 15) is 35.9 Å². The molecule has 2 amide bonds. The van der Waals surface area contributed by atoms with E-state index in [0.717, 1.165) is 12.1 Å². The second-order valence-corrected chi connectivity index (χ2v) is 8.76. The van der Waals surface area contributed by atoms with Crippen molar-refractivity contribution in [2.24, 2.45) is 5.73 Å². The Morgan fingerprint density at radius 1 is 1.09 bits per heavy atom. The molecule has 0 fully saturated rings. The van der Waals surface area contributed by atoms with Crippen molar-refractivity contribution in [3.63, 3.8) is 0 Å². The highest BCUT2D eigenvalue weighted by Gasteiger charge is 2.32. The van der Waals surface area contributed by atoms with E-state index in [0.29, 0.717) is 16.1 Å². The van der Waals surface area contributed by atoms with Gasteiger partial charge in [0.2, 0.25) is 5.91 Å². The van der Waals surface area contributed by atoms with Crippen LogP contribution < -0.4 is 16.0 Å². The van der Waals surface area contributed by atoms with Crippen LogP contribution >= 0.6 is 11.8 Å². The predicted octanol–water partition coefficient (Wildman–Crippen LogP) is 4.74. The Kier molecular flexibility index (Phi) is 7.81. The smallest absolute Gasteiger partial charge is 0.352 e. The highest BCUT2D eigenvalue weighted by Crippen LogP contribution is 2.36. The summed E-state index contributed by atoms with van der Waals surface area (Å²) >= 11 is 1.29. The van der Waals surface area contributed by atoms with Gasteiger partial charge in [0, 0.05) is 29.2 Å². The first kappa shape index (κ1) is 25.9. The van der Waals surface area contributed by atoms with Crippen LogP contribution in [-0.2, 0) is 17.5 Å². The van der Waals surface area contributed by atoms with Gasteiger partial charge < -0.3 is 16.0 Å². The van der Waals surface area contributed by atoms with Gasteiger partial charge in [-0.1, -0.05) is 12.1 Å². The standard InChI is InChI=1S/C22H21F6N3O2S/c23-21(24,25)8-1-9-30-19(32)14-4-7-18-17(10-14)31(20(33)16(29)12-34-18)11-13-2-5-15(6-3-13)22(26,27)28/h2-7,10,16H,1,8-9,11-12,29H2,(H,30,32)/t16-/m0/s1.